The largest absolute Gasteiger partial charge is 0.455 e. The lowest BCUT2D eigenvalue weighted by Gasteiger charge is -2.11. The molecule has 0 aliphatic heterocycles. The zero-order chi connectivity index (χ0) is 13.8. The summed E-state index contributed by atoms with van der Waals surface area (Å²) in [5.41, 5.74) is 1.18. The van der Waals surface area contributed by atoms with Gasteiger partial charge >= 0.3 is 0 Å². The summed E-state index contributed by atoms with van der Waals surface area (Å²) in [7, 11) is 1.92. The first-order chi connectivity index (χ1) is 9.10. The van der Waals surface area contributed by atoms with E-state index in [1.54, 1.807) is 6.07 Å². The van der Waals surface area contributed by atoms with Gasteiger partial charge in [-0.3, -0.25) is 0 Å². The molecule has 19 heavy (non-hydrogen) atoms. The molecular formula is C14H12Br2ClNO. The van der Waals surface area contributed by atoms with Gasteiger partial charge in [-0.05, 0) is 58.9 Å². The first-order valence-corrected chi connectivity index (χ1v) is 7.62. The quantitative estimate of drug-likeness (QED) is 0.738. The number of halogens is 3. The second-order valence-corrected chi connectivity index (χ2v) is 6.15. The Hall–Kier alpha value is -0.550. The maximum absolute atomic E-state index is 6.13. The molecule has 1 N–H and O–H groups in total. The van der Waals surface area contributed by atoms with Gasteiger partial charge in [0.25, 0.3) is 0 Å². The summed E-state index contributed by atoms with van der Waals surface area (Å²) >= 11 is 13.0. The van der Waals surface area contributed by atoms with Crippen LogP contribution in [-0.2, 0) is 6.54 Å². The van der Waals surface area contributed by atoms with Gasteiger partial charge in [-0.25, -0.2) is 0 Å². The van der Waals surface area contributed by atoms with E-state index in [-0.39, 0.29) is 0 Å². The Labute approximate surface area is 134 Å². The monoisotopic (exact) mass is 403 g/mol. The fourth-order valence-corrected chi connectivity index (χ4v) is 2.84. The zero-order valence-corrected chi connectivity index (χ0v) is 14.1. The summed E-state index contributed by atoms with van der Waals surface area (Å²) in [6, 6.07) is 11.5. The van der Waals surface area contributed by atoms with Gasteiger partial charge in [-0.1, -0.05) is 33.6 Å². The van der Waals surface area contributed by atoms with Crippen molar-refractivity contribution in [2.24, 2.45) is 0 Å². The van der Waals surface area contributed by atoms with Gasteiger partial charge in [0.2, 0.25) is 0 Å². The van der Waals surface area contributed by atoms with E-state index in [0.717, 1.165) is 21.2 Å². The molecule has 2 aromatic carbocycles. The summed E-state index contributed by atoms with van der Waals surface area (Å²) in [4.78, 5) is 0. The maximum Gasteiger partial charge on any atom is 0.146 e. The lowest BCUT2D eigenvalue weighted by Crippen LogP contribution is -2.04. The minimum Gasteiger partial charge on any atom is -0.455 e. The van der Waals surface area contributed by atoms with Gasteiger partial charge in [0.15, 0.2) is 0 Å². The lowest BCUT2D eigenvalue weighted by molar-refractivity contribution is 0.479. The number of ether oxygens (including phenoxy) is 1. The van der Waals surface area contributed by atoms with Crippen molar-refractivity contribution in [3.05, 3.63) is 55.9 Å². The summed E-state index contributed by atoms with van der Waals surface area (Å²) < 4.78 is 7.63. The molecule has 2 aromatic rings. The molecular weight excluding hydrogens is 393 g/mol. The molecule has 0 aliphatic carbocycles. The van der Waals surface area contributed by atoms with Crippen LogP contribution in [0.1, 0.15) is 5.56 Å². The minimum atomic E-state index is 0.570. The topological polar surface area (TPSA) is 21.3 Å². The van der Waals surface area contributed by atoms with E-state index >= 15 is 0 Å². The van der Waals surface area contributed by atoms with Gasteiger partial charge in [-0.15, -0.1) is 0 Å². The van der Waals surface area contributed by atoms with E-state index in [0.29, 0.717) is 10.8 Å². The molecule has 100 valence electrons. The highest BCUT2D eigenvalue weighted by atomic mass is 79.9. The Kier molecular flexibility index (Phi) is 5.28. The second kappa shape index (κ2) is 6.75. The summed E-state index contributed by atoms with van der Waals surface area (Å²) in [6.45, 7) is 0.817. The van der Waals surface area contributed by atoms with Crippen LogP contribution in [0.25, 0.3) is 0 Å². The van der Waals surface area contributed by atoms with Crippen LogP contribution in [-0.4, -0.2) is 7.05 Å². The molecule has 2 rings (SSSR count). The Balaban J connectivity index is 2.23. The number of benzene rings is 2. The van der Waals surface area contributed by atoms with Crippen molar-refractivity contribution in [3.63, 3.8) is 0 Å². The van der Waals surface area contributed by atoms with E-state index in [9.17, 15) is 0 Å². The first kappa shape index (κ1) is 14.9. The highest BCUT2D eigenvalue weighted by Crippen LogP contribution is 2.35. The molecule has 0 saturated carbocycles. The van der Waals surface area contributed by atoms with Gasteiger partial charge in [0.1, 0.15) is 11.5 Å². The number of rotatable bonds is 4. The minimum absolute atomic E-state index is 0.570. The number of hydrogen-bond donors (Lipinski definition) is 1. The fraction of sp³-hybridized carbons (Fsp3) is 0.143. The average Bonchev–Trinajstić information content (AvgIpc) is 2.36. The van der Waals surface area contributed by atoms with Crippen molar-refractivity contribution in [3.8, 4) is 11.5 Å². The third kappa shape index (κ3) is 3.96. The molecule has 0 radical (unpaired) electrons. The van der Waals surface area contributed by atoms with Crippen molar-refractivity contribution in [1.82, 2.24) is 5.32 Å². The van der Waals surface area contributed by atoms with Crippen molar-refractivity contribution in [2.75, 3.05) is 7.05 Å². The lowest BCUT2D eigenvalue weighted by atomic mass is 10.2. The molecule has 0 heterocycles. The van der Waals surface area contributed by atoms with Crippen molar-refractivity contribution < 1.29 is 4.74 Å². The number of nitrogens with one attached hydrogen (secondary N) is 1. The average molecular weight is 406 g/mol. The molecule has 0 aliphatic rings. The van der Waals surface area contributed by atoms with Crippen LogP contribution < -0.4 is 10.1 Å². The Morgan fingerprint density at radius 3 is 2.47 bits per heavy atom. The highest BCUT2D eigenvalue weighted by Gasteiger charge is 2.07. The van der Waals surface area contributed by atoms with Crippen molar-refractivity contribution in [1.29, 1.82) is 0 Å². The fourth-order valence-electron chi connectivity index (χ4n) is 1.62. The Bertz CT molecular complexity index is 590. The van der Waals surface area contributed by atoms with Crippen LogP contribution in [0.5, 0.6) is 11.5 Å². The van der Waals surface area contributed by atoms with Gasteiger partial charge in [0.05, 0.1) is 9.50 Å². The van der Waals surface area contributed by atoms with Gasteiger partial charge in [-0.2, -0.15) is 0 Å². The van der Waals surface area contributed by atoms with Crippen LogP contribution in [0.4, 0.5) is 0 Å². The number of hydrogen-bond acceptors (Lipinski definition) is 2. The van der Waals surface area contributed by atoms with E-state index in [2.05, 4.69) is 37.2 Å². The molecule has 0 atom stereocenters. The third-order valence-electron chi connectivity index (χ3n) is 2.49. The summed E-state index contributed by atoms with van der Waals surface area (Å²) in [5, 5.41) is 3.68. The summed E-state index contributed by atoms with van der Waals surface area (Å²) in [5.74, 6) is 1.37. The van der Waals surface area contributed by atoms with Crippen molar-refractivity contribution in [2.45, 2.75) is 6.54 Å². The third-order valence-corrected chi connectivity index (χ3v) is 3.90. The molecule has 0 amide bonds. The molecule has 0 fully saturated rings. The van der Waals surface area contributed by atoms with Gasteiger partial charge in [0, 0.05) is 11.0 Å². The molecule has 0 unspecified atom stereocenters. The van der Waals surface area contributed by atoms with E-state index < -0.39 is 0 Å². The maximum atomic E-state index is 6.13. The van der Waals surface area contributed by atoms with Crippen molar-refractivity contribution >= 4 is 43.5 Å². The van der Waals surface area contributed by atoms with Crippen LogP contribution in [0.15, 0.2) is 45.3 Å². The Morgan fingerprint density at radius 2 is 1.84 bits per heavy atom. The second-order valence-electron chi connectivity index (χ2n) is 3.97. The molecule has 2 nitrogen and oxygen atoms in total. The van der Waals surface area contributed by atoms with Crippen LogP contribution in [0.2, 0.25) is 5.02 Å². The normalized spacial score (nSPS) is 10.5. The molecule has 0 aromatic heterocycles. The predicted molar refractivity (Wildman–Crippen MR) is 86.1 cm³/mol. The van der Waals surface area contributed by atoms with Crippen LogP contribution in [0.3, 0.4) is 0 Å². The van der Waals surface area contributed by atoms with Crippen LogP contribution >= 0.6 is 43.5 Å². The molecule has 5 heteroatoms. The zero-order valence-electron chi connectivity index (χ0n) is 10.2. The standard InChI is InChI=1S/C14H12Br2ClNO/c1-18-8-9-2-4-13(11(16)6-9)19-14-5-3-10(15)7-12(14)17/h2-7,18H,8H2,1H3. The van der Waals surface area contributed by atoms with E-state index in [1.165, 1.54) is 5.56 Å². The first-order valence-electron chi connectivity index (χ1n) is 5.66. The molecule has 0 spiro atoms. The van der Waals surface area contributed by atoms with Gasteiger partial charge < -0.3 is 10.1 Å². The summed E-state index contributed by atoms with van der Waals surface area (Å²) in [6.07, 6.45) is 0. The van der Waals surface area contributed by atoms with E-state index in [1.807, 2.05) is 37.4 Å². The smallest absolute Gasteiger partial charge is 0.146 e. The SMILES string of the molecule is CNCc1ccc(Oc2ccc(Br)cc2Cl)c(Br)c1. The molecule has 0 bridgehead atoms. The van der Waals surface area contributed by atoms with E-state index in [4.69, 9.17) is 16.3 Å². The predicted octanol–water partition coefficient (Wildman–Crippen LogP) is 5.38. The molecule has 0 saturated heterocycles. The highest BCUT2D eigenvalue weighted by molar-refractivity contribution is 9.10. The van der Waals surface area contributed by atoms with Crippen LogP contribution in [0, 0.1) is 0 Å². The Morgan fingerprint density at radius 1 is 1.11 bits per heavy atom.